The molecule has 2 heterocycles. The minimum atomic E-state index is -5.14. The van der Waals surface area contributed by atoms with Gasteiger partial charge in [-0.1, -0.05) is 36.0 Å². The van der Waals surface area contributed by atoms with Crippen LogP contribution in [0.1, 0.15) is 42.5 Å². The summed E-state index contributed by atoms with van der Waals surface area (Å²) in [5.74, 6) is -4.32. The molecule has 1 aliphatic rings. The standard InChI is InChI=1S/C30H27Cl2F6N3O5S/c31-19-5-8-21(9-6-19)47(45,46)17-28(44)14-18(15-29(33,34)35)27(43)41(28)12-4-2-1-3-11-39-25-22-10-7-20(32)13-24(22)40-16-23(25)26(42)30(36,37)38/h5-10,13-14,16,44H,1-4,11-12,15,17H2,(H,39,40). The third kappa shape index (κ3) is 8.95. The summed E-state index contributed by atoms with van der Waals surface area (Å²) in [7, 11) is -4.29. The monoisotopic (exact) mass is 725 g/mol. The van der Waals surface area contributed by atoms with Gasteiger partial charge in [0, 0.05) is 40.3 Å². The number of aromatic nitrogens is 1. The van der Waals surface area contributed by atoms with Crippen molar-refractivity contribution in [1.29, 1.82) is 0 Å². The van der Waals surface area contributed by atoms with Gasteiger partial charge in [-0.15, -0.1) is 0 Å². The molecule has 2 N–H and O–H groups in total. The highest BCUT2D eigenvalue weighted by Crippen LogP contribution is 2.36. The number of alkyl halides is 6. The zero-order valence-corrected chi connectivity index (χ0v) is 26.6. The first-order valence-corrected chi connectivity index (χ1v) is 16.5. The number of pyridine rings is 1. The SMILES string of the molecule is O=C1C(CC(F)(F)F)=CC(O)(CS(=O)(=O)c2ccc(Cl)cc2)N1CCCCCCNc1c(C(=O)C(F)(F)F)cnc2cc(Cl)ccc12. The molecule has 0 fully saturated rings. The van der Waals surface area contributed by atoms with Crippen molar-refractivity contribution in [3.63, 3.8) is 0 Å². The minimum Gasteiger partial charge on any atom is -0.384 e. The van der Waals surface area contributed by atoms with Crippen LogP contribution >= 0.6 is 23.2 Å². The summed E-state index contributed by atoms with van der Waals surface area (Å²) in [5, 5.41) is 14.9. The highest BCUT2D eigenvalue weighted by molar-refractivity contribution is 7.91. The molecule has 0 bridgehead atoms. The van der Waals surface area contributed by atoms with Crippen LogP contribution in [0.2, 0.25) is 10.0 Å². The first-order valence-electron chi connectivity index (χ1n) is 14.1. The fourth-order valence-electron chi connectivity index (χ4n) is 5.17. The predicted octanol–water partition coefficient (Wildman–Crippen LogP) is 7.14. The summed E-state index contributed by atoms with van der Waals surface area (Å²) in [6, 6.07) is 9.22. The molecule has 1 aliphatic heterocycles. The third-order valence-corrected chi connectivity index (χ3v) is 9.58. The molecule has 8 nitrogen and oxygen atoms in total. The van der Waals surface area contributed by atoms with Gasteiger partial charge in [-0.05, 0) is 61.4 Å². The number of nitrogens with zero attached hydrogens (tertiary/aromatic N) is 2. The number of Topliss-reactive ketones (excluding diaryl/α,β-unsaturated/α-hetero) is 1. The topological polar surface area (TPSA) is 117 Å². The van der Waals surface area contributed by atoms with Gasteiger partial charge in [0.05, 0.1) is 28.1 Å². The maximum Gasteiger partial charge on any atom is 0.455 e. The third-order valence-electron chi connectivity index (χ3n) is 7.30. The lowest BCUT2D eigenvalue weighted by atomic mass is 10.1. The Balaban J connectivity index is 1.41. The number of nitrogens with one attached hydrogen (secondary N) is 1. The number of unbranched alkanes of at least 4 members (excludes halogenated alkanes) is 3. The summed E-state index contributed by atoms with van der Waals surface area (Å²) >= 11 is 11.8. The number of ketones is 1. The molecule has 1 aromatic heterocycles. The summed E-state index contributed by atoms with van der Waals surface area (Å²) in [5.41, 5.74) is -3.82. The Morgan fingerprint density at radius 2 is 1.60 bits per heavy atom. The van der Waals surface area contributed by atoms with Crippen LogP contribution in [0.15, 0.2) is 65.2 Å². The van der Waals surface area contributed by atoms with E-state index in [0.29, 0.717) is 30.2 Å². The van der Waals surface area contributed by atoms with Crippen molar-refractivity contribution in [2.24, 2.45) is 0 Å². The molecule has 1 atom stereocenters. The normalized spacial score (nSPS) is 17.3. The molecule has 0 aliphatic carbocycles. The Bertz CT molecular complexity index is 1800. The van der Waals surface area contributed by atoms with Crippen LogP contribution < -0.4 is 5.32 Å². The zero-order valence-electron chi connectivity index (χ0n) is 24.3. The maximum absolute atomic E-state index is 13.2. The highest BCUT2D eigenvalue weighted by atomic mass is 35.5. The van der Waals surface area contributed by atoms with Gasteiger partial charge in [-0.3, -0.25) is 14.6 Å². The molecule has 1 amide bonds. The molecule has 0 saturated heterocycles. The number of fused-ring (bicyclic) bond motifs is 1. The van der Waals surface area contributed by atoms with Crippen LogP contribution in [0.4, 0.5) is 32.0 Å². The molecule has 0 saturated carbocycles. The second-order valence-corrected chi connectivity index (χ2v) is 13.7. The van der Waals surface area contributed by atoms with Crippen molar-refractivity contribution >= 4 is 61.3 Å². The number of benzene rings is 2. The molecule has 0 radical (unpaired) electrons. The number of halogens is 8. The van der Waals surface area contributed by atoms with Crippen molar-refractivity contribution in [1.82, 2.24) is 9.88 Å². The quantitative estimate of drug-likeness (QED) is 0.109. The van der Waals surface area contributed by atoms with Gasteiger partial charge in [0.15, 0.2) is 15.6 Å². The number of hydrogen-bond donors (Lipinski definition) is 2. The van der Waals surface area contributed by atoms with Crippen molar-refractivity contribution in [2.45, 2.75) is 55.1 Å². The van der Waals surface area contributed by atoms with Crippen molar-refractivity contribution in [2.75, 3.05) is 24.2 Å². The number of rotatable bonds is 13. The summed E-state index contributed by atoms with van der Waals surface area (Å²) in [6.45, 7) is -0.167. The van der Waals surface area contributed by atoms with Gasteiger partial charge < -0.3 is 15.3 Å². The molecular weight excluding hydrogens is 699 g/mol. The van der Waals surface area contributed by atoms with E-state index in [0.717, 1.165) is 6.20 Å². The van der Waals surface area contributed by atoms with Crippen LogP contribution in [-0.4, -0.2) is 72.0 Å². The zero-order chi connectivity index (χ0) is 34.8. The van der Waals surface area contributed by atoms with Crippen molar-refractivity contribution in [3.8, 4) is 0 Å². The molecule has 3 aromatic rings. The van der Waals surface area contributed by atoms with Crippen molar-refractivity contribution < 1.29 is 49.5 Å². The van der Waals surface area contributed by atoms with Crippen LogP contribution in [0.5, 0.6) is 0 Å². The van der Waals surface area contributed by atoms with E-state index < -0.39 is 62.9 Å². The fourth-order valence-corrected chi connectivity index (χ4v) is 6.98. The Morgan fingerprint density at radius 3 is 2.23 bits per heavy atom. The van der Waals surface area contributed by atoms with Gasteiger partial charge in [-0.25, -0.2) is 8.42 Å². The minimum absolute atomic E-state index is 0.0770. The van der Waals surface area contributed by atoms with E-state index in [-0.39, 0.29) is 51.0 Å². The number of aliphatic hydroxyl groups is 1. The van der Waals surface area contributed by atoms with Crippen LogP contribution in [-0.2, 0) is 14.6 Å². The van der Waals surface area contributed by atoms with Gasteiger partial charge >= 0.3 is 12.4 Å². The van der Waals surface area contributed by atoms with E-state index in [1.807, 2.05) is 0 Å². The lowest BCUT2D eigenvalue weighted by Crippen LogP contribution is -2.51. The number of carbonyl (C=O) groups excluding carboxylic acids is 2. The van der Waals surface area contributed by atoms with Crippen molar-refractivity contribution in [3.05, 3.63) is 75.9 Å². The Kier molecular flexibility index (Phi) is 10.8. The largest absolute Gasteiger partial charge is 0.455 e. The lowest BCUT2D eigenvalue weighted by Gasteiger charge is -2.33. The number of sulfone groups is 1. The predicted molar refractivity (Wildman–Crippen MR) is 163 cm³/mol. The number of anilines is 1. The highest BCUT2D eigenvalue weighted by Gasteiger charge is 2.49. The van der Waals surface area contributed by atoms with E-state index >= 15 is 0 Å². The maximum atomic E-state index is 13.2. The first kappa shape index (κ1) is 36.4. The lowest BCUT2D eigenvalue weighted by molar-refractivity contribution is -0.145. The number of amides is 1. The van der Waals surface area contributed by atoms with E-state index in [9.17, 15) is 49.5 Å². The van der Waals surface area contributed by atoms with Gasteiger partial charge in [0.1, 0.15) is 5.75 Å². The molecule has 254 valence electrons. The van der Waals surface area contributed by atoms with E-state index in [2.05, 4.69) is 10.3 Å². The van der Waals surface area contributed by atoms with Gasteiger partial charge in [-0.2, -0.15) is 26.3 Å². The average Bonchev–Trinajstić information content (AvgIpc) is 3.17. The molecule has 17 heteroatoms. The van der Waals surface area contributed by atoms with Crippen LogP contribution in [0, 0.1) is 0 Å². The average molecular weight is 727 g/mol. The molecule has 1 unspecified atom stereocenters. The molecule has 2 aromatic carbocycles. The Hall–Kier alpha value is -3.40. The van der Waals surface area contributed by atoms with E-state index in [1.165, 1.54) is 42.5 Å². The Labute approximate surface area is 275 Å². The van der Waals surface area contributed by atoms with E-state index in [4.69, 9.17) is 23.2 Å². The Morgan fingerprint density at radius 1 is 0.957 bits per heavy atom. The van der Waals surface area contributed by atoms with Crippen LogP contribution in [0.25, 0.3) is 10.9 Å². The summed E-state index contributed by atoms with van der Waals surface area (Å²) < 4.78 is 105. The summed E-state index contributed by atoms with van der Waals surface area (Å²) in [4.78, 5) is 29.4. The van der Waals surface area contributed by atoms with Gasteiger partial charge in [0.2, 0.25) is 0 Å². The second kappa shape index (κ2) is 14.0. The summed E-state index contributed by atoms with van der Waals surface area (Å²) in [6.07, 6.45) is -8.88. The fraction of sp³-hybridized carbons (Fsp3) is 0.367. The number of hydrogen-bond acceptors (Lipinski definition) is 7. The molecule has 0 spiro atoms. The smallest absolute Gasteiger partial charge is 0.384 e. The molecule has 47 heavy (non-hydrogen) atoms. The molecular formula is C30H27Cl2F6N3O5S. The van der Waals surface area contributed by atoms with Gasteiger partial charge in [0.25, 0.3) is 11.7 Å². The second-order valence-electron chi connectivity index (χ2n) is 10.9. The van der Waals surface area contributed by atoms with Crippen LogP contribution in [0.3, 0.4) is 0 Å². The first-order chi connectivity index (χ1) is 21.8. The van der Waals surface area contributed by atoms with E-state index in [1.54, 1.807) is 0 Å². The molecule has 4 rings (SSSR count). The number of carbonyl (C=O) groups is 2.